The minimum Gasteiger partial charge on any atom is -0.376 e. The van der Waals surface area contributed by atoms with Crippen molar-refractivity contribution in [2.45, 2.75) is 30.4 Å². The molecule has 0 bridgehead atoms. The zero-order valence-corrected chi connectivity index (χ0v) is 18.3. The maximum absolute atomic E-state index is 13.0. The molecule has 2 aromatic rings. The molecule has 1 saturated heterocycles. The van der Waals surface area contributed by atoms with Crippen molar-refractivity contribution in [2.75, 3.05) is 26.2 Å². The average Bonchev–Trinajstić information content (AvgIpc) is 3.30. The van der Waals surface area contributed by atoms with Gasteiger partial charge in [0.15, 0.2) is 0 Å². The van der Waals surface area contributed by atoms with Gasteiger partial charge < -0.3 is 15.0 Å². The Morgan fingerprint density at radius 1 is 1.09 bits per heavy atom. The van der Waals surface area contributed by atoms with Crippen LogP contribution < -0.4 is 10.0 Å². The van der Waals surface area contributed by atoms with Gasteiger partial charge in [-0.3, -0.25) is 9.59 Å². The predicted molar refractivity (Wildman–Crippen MR) is 115 cm³/mol. The van der Waals surface area contributed by atoms with Crippen LogP contribution in [0, 0.1) is 5.82 Å². The molecule has 0 radical (unpaired) electrons. The van der Waals surface area contributed by atoms with Crippen molar-refractivity contribution in [2.24, 2.45) is 0 Å². The Morgan fingerprint density at radius 2 is 1.81 bits per heavy atom. The van der Waals surface area contributed by atoms with Crippen molar-refractivity contribution in [3.8, 4) is 0 Å². The van der Waals surface area contributed by atoms with E-state index in [-0.39, 0.29) is 36.5 Å². The molecule has 172 valence electrons. The number of carbonyl (C=O) groups is 2. The van der Waals surface area contributed by atoms with Crippen molar-refractivity contribution in [3.05, 3.63) is 66.0 Å². The maximum Gasteiger partial charge on any atom is 0.241 e. The van der Waals surface area contributed by atoms with Crippen LogP contribution in [0.3, 0.4) is 0 Å². The van der Waals surface area contributed by atoms with Crippen LogP contribution in [-0.4, -0.2) is 57.5 Å². The van der Waals surface area contributed by atoms with Gasteiger partial charge in [0.25, 0.3) is 0 Å². The summed E-state index contributed by atoms with van der Waals surface area (Å²) in [4.78, 5) is 26.6. The highest BCUT2D eigenvalue weighted by Crippen LogP contribution is 2.14. The van der Waals surface area contributed by atoms with Gasteiger partial charge in [-0.15, -0.1) is 0 Å². The van der Waals surface area contributed by atoms with Crippen molar-refractivity contribution < 1.29 is 27.1 Å². The number of amides is 2. The number of sulfonamides is 1. The second kappa shape index (κ2) is 11.2. The predicted octanol–water partition coefficient (Wildman–Crippen LogP) is 1.43. The summed E-state index contributed by atoms with van der Waals surface area (Å²) in [5, 5.41) is 2.69. The van der Waals surface area contributed by atoms with E-state index < -0.39 is 28.4 Å². The fraction of sp³-hybridized carbons (Fsp3) is 0.364. The molecule has 8 nitrogen and oxygen atoms in total. The molecule has 32 heavy (non-hydrogen) atoms. The van der Waals surface area contributed by atoms with Crippen LogP contribution in [0.2, 0.25) is 0 Å². The van der Waals surface area contributed by atoms with Crippen LogP contribution in [0.15, 0.2) is 59.5 Å². The van der Waals surface area contributed by atoms with Crippen LogP contribution in [0.1, 0.15) is 18.4 Å². The summed E-state index contributed by atoms with van der Waals surface area (Å²) in [6.45, 7) is 0.240. The van der Waals surface area contributed by atoms with E-state index in [2.05, 4.69) is 10.0 Å². The molecular formula is C22H26FN3O5S. The minimum absolute atomic E-state index is 0.0514. The standard InChI is InChI=1S/C22H26FN3O5S/c23-18-10-8-17(9-11-18)13-24-21(27)16-26(15-19-5-4-12-31-19)22(28)14-25-32(29,30)20-6-2-1-3-7-20/h1-3,6-11,19,25H,4-5,12-16H2,(H,24,27). The molecular weight excluding hydrogens is 437 g/mol. The molecule has 10 heteroatoms. The smallest absolute Gasteiger partial charge is 0.241 e. The monoisotopic (exact) mass is 463 g/mol. The molecule has 0 spiro atoms. The van der Waals surface area contributed by atoms with E-state index in [9.17, 15) is 22.4 Å². The Bertz CT molecular complexity index is 1010. The van der Waals surface area contributed by atoms with E-state index in [1.807, 2.05) is 0 Å². The maximum atomic E-state index is 13.0. The lowest BCUT2D eigenvalue weighted by Gasteiger charge is -2.25. The van der Waals surface area contributed by atoms with Gasteiger partial charge in [-0.2, -0.15) is 0 Å². The van der Waals surface area contributed by atoms with E-state index in [0.29, 0.717) is 12.2 Å². The van der Waals surface area contributed by atoms with Crippen molar-refractivity contribution >= 4 is 21.8 Å². The van der Waals surface area contributed by atoms with Crippen molar-refractivity contribution in [1.82, 2.24) is 14.9 Å². The Kier molecular flexibility index (Phi) is 8.32. The Morgan fingerprint density at radius 3 is 2.47 bits per heavy atom. The van der Waals surface area contributed by atoms with Gasteiger partial charge in [-0.05, 0) is 42.7 Å². The number of rotatable bonds is 10. The van der Waals surface area contributed by atoms with Gasteiger partial charge in [-0.1, -0.05) is 30.3 Å². The Balaban J connectivity index is 1.59. The highest BCUT2D eigenvalue weighted by atomic mass is 32.2. The number of hydrogen-bond donors (Lipinski definition) is 2. The summed E-state index contributed by atoms with van der Waals surface area (Å²) in [6.07, 6.45) is 1.43. The van der Waals surface area contributed by atoms with Crippen LogP contribution >= 0.6 is 0 Å². The number of halogens is 1. The second-order valence-electron chi connectivity index (χ2n) is 7.45. The molecule has 2 amide bonds. The van der Waals surface area contributed by atoms with Gasteiger partial charge in [0, 0.05) is 19.7 Å². The van der Waals surface area contributed by atoms with Crippen LogP contribution in [0.4, 0.5) is 4.39 Å². The molecule has 3 rings (SSSR count). The number of nitrogens with one attached hydrogen (secondary N) is 2. The van der Waals surface area contributed by atoms with Gasteiger partial charge >= 0.3 is 0 Å². The number of ether oxygens (including phenoxy) is 1. The summed E-state index contributed by atoms with van der Waals surface area (Å²) in [6, 6.07) is 13.4. The highest BCUT2D eigenvalue weighted by Gasteiger charge is 2.25. The first-order valence-electron chi connectivity index (χ1n) is 10.3. The fourth-order valence-corrected chi connectivity index (χ4v) is 4.27. The summed E-state index contributed by atoms with van der Waals surface area (Å²) >= 11 is 0. The quantitative estimate of drug-likeness (QED) is 0.555. The first-order valence-corrected chi connectivity index (χ1v) is 11.8. The number of nitrogens with zero attached hydrogens (tertiary/aromatic N) is 1. The zero-order valence-electron chi connectivity index (χ0n) is 17.5. The summed E-state index contributed by atoms with van der Waals surface area (Å²) in [5.74, 6) is -1.31. The highest BCUT2D eigenvalue weighted by molar-refractivity contribution is 7.89. The fourth-order valence-electron chi connectivity index (χ4n) is 3.27. The SMILES string of the molecule is O=C(CN(CC1CCCO1)C(=O)CNS(=O)(=O)c1ccccc1)NCc1ccc(F)cc1. The lowest BCUT2D eigenvalue weighted by molar-refractivity contribution is -0.136. The van der Waals surface area contributed by atoms with E-state index in [1.165, 1.54) is 29.2 Å². The van der Waals surface area contributed by atoms with Gasteiger partial charge in [0.1, 0.15) is 5.82 Å². The van der Waals surface area contributed by atoms with Gasteiger partial charge in [-0.25, -0.2) is 17.5 Å². The topological polar surface area (TPSA) is 105 Å². The lowest BCUT2D eigenvalue weighted by Crippen LogP contribution is -2.47. The Labute approximate surface area is 186 Å². The third-order valence-electron chi connectivity index (χ3n) is 5.01. The van der Waals surface area contributed by atoms with Crippen LogP contribution in [0.5, 0.6) is 0 Å². The van der Waals surface area contributed by atoms with E-state index in [0.717, 1.165) is 12.8 Å². The number of benzene rings is 2. The first-order chi connectivity index (χ1) is 15.3. The molecule has 1 unspecified atom stereocenters. The molecule has 0 aromatic heterocycles. The third kappa shape index (κ3) is 7.11. The molecule has 2 aromatic carbocycles. The van der Waals surface area contributed by atoms with Crippen LogP contribution in [-0.2, 0) is 30.9 Å². The summed E-state index contributed by atoms with van der Waals surface area (Å²) in [5.41, 5.74) is 0.715. The largest absolute Gasteiger partial charge is 0.376 e. The first kappa shape index (κ1) is 23.8. The molecule has 0 saturated carbocycles. The minimum atomic E-state index is -3.85. The number of hydrogen-bond acceptors (Lipinski definition) is 5. The lowest BCUT2D eigenvalue weighted by atomic mass is 10.2. The second-order valence-corrected chi connectivity index (χ2v) is 9.22. The van der Waals surface area contributed by atoms with Crippen molar-refractivity contribution in [3.63, 3.8) is 0 Å². The van der Waals surface area contributed by atoms with Crippen molar-refractivity contribution in [1.29, 1.82) is 0 Å². The average molecular weight is 464 g/mol. The third-order valence-corrected chi connectivity index (χ3v) is 6.42. The summed E-state index contributed by atoms with van der Waals surface area (Å²) in [7, 11) is -3.85. The molecule has 1 fully saturated rings. The van der Waals surface area contributed by atoms with Gasteiger partial charge in [0.2, 0.25) is 21.8 Å². The van der Waals surface area contributed by atoms with E-state index in [1.54, 1.807) is 30.3 Å². The van der Waals surface area contributed by atoms with Crippen LogP contribution in [0.25, 0.3) is 0 Å². The molecule has 1 heterocycles. The number of carbonyl (C=O) groups excluding carboxylic acids is 2. The Hall–Kier alpha value is -2.82. The molecule has 0 aliphatic carbocycles. The molecule has 1 aliphatic heterocycles. The van der Waals surface area contributed by atoms with E-state index in [4.69, 9.17) is 4.74 Å². The molecule has 1 atom stereocenters. The van der Waals surface area contributed by atoms with E-state index >= 15 is 0 Å². The zero-order chi connectivity index (χ0) is 23.0. The summed E-state index contributed by atoms with van der Waals surface area (Å²) < 4.78 is 45.7. The van der Waals surface area contributed by atoms with Gasteiger partial charge in [0.05, 0.1) is 24.1 Å². The molecule has 2 N–H and O–H groups in total. The normalized spacial score (nSPS) is 16.0. The molecule has 1 aliphatic rings.